The van der Waals surface area contributed by atoms with Gasteiger partial charge in [0.1, 0.15) is 0 Å². The predicted molar refractivity (Wildman–Crippen MR) is 98.1 cm³/mol. The normalized spacial score (nSPS) is 11.9. The number of ether oxygens (including phenoxy) is 2. The van der Waals surface area contributed by atoms with E-state index in [1.165, 1.54) is 0 Å². The molecule has 5 heteroatoms. The highest BCUT2D eigenvalue weighted by Gasteiger charge is 2.21. The average Bonchev–Trinajstić information content (AvgIpc) is 2.62. The van der Waals surface area contributed by atoms with Crippen LogP contribution >= 0.6 is 0 Å². The first-order valence-electron chi connectivity index (χ1n) is 8.67. The second kappa shape index (κ2) is 9.06. The molecule has 0 radical (unpaired) electrons. The van der Waals surface area contributed by atoms with Crippen LogP contribution in [0.2, 0.25) is 0 Å². The fraction of sp³-hybridized carbons (Fsp3) is 0.400. The summed E-state index contributed by atoms with van der Waals surface area (Å²) < 4.78 is 11.3. The van der Waals surface area contributed by atoms with Crippen molar-refractivity contribution in [3.05, 3.63) is 53.9 Å². The fourth-order valence-electron chi connectivity index (χ4n) is 2.62. The molecule has 5 nitrogen and oxygen atoms in total. The van der Waals surface area contributed by atoms with E-state index in [2.05, 4.69) is 24.1 Å². The van der Waals surface area contributed by atoms with Gasteiger partial charge in [0.15, 0.2) is 11.5 Å². The zero-order valence-electron chi connectivity index (χ0n) is 15.3. The summed E-state index contributed by atoms with van der Waals surface area (Å²) in [6, 6.07) is 9.19. The molecule has 2 aromatic rings. The lowest BCUT2D eigenvalue weighted by atomic mass is 9.95. The average molecular weight is 342 g/mol. The van der Waals surface area contributed by atoms with E-state index in [9.17, 15) is 4.79 Å². The van der Waals surface area contributed by atoms with E-state index in [4.69, 9.17) is 9.47 Å². The number of hydrogen-bond donors (Lipinski definition) is 1. The summed E-state index contributed by atoms with van der Waals surface area (Å²) >= 11 is 0. The molecule has 1 unspecified atom stereocenters. The lowest BCUT2D eigenvalue weighted by molar-refractivity contribution is 0.0925. The van der Waals surface area contributed by atoms with Crippen molar-refractivity contribution in [3.63, 3.8) is 0 Å². The number of nitrogens with one attached hydrogen (secondary N) is 1. The highest BCUT2D eigenvalue weighted by molar-refractivity contribution is 5.94. The summed E-state index contributed by atoms with van der Waals surface area (Å²) in [6.07, 6.45) is 3.22. The van der Waals surface area contributed by atoms with Gasteiger partial charge in [-0.2, -0.15) is 0 Å². The Labute approximate surface area is 149 Å². The molecule has 1 amide bonds. The van der Waals surface area contributed by atoms with Gasteiger partial charge in [-0.1, -0.05) is 19.9 Å². The van der Waals surface area contributed by atoms with E-state index < -0.39 is 0 Å². The van der Waals surface area contributed by atoms with Gasteiger partial charge < -0.3 is 14.8 Å². The molecule has 0 bridgehead atoms. The van der Waals surface area contributed by atoms with Crippen LogP contribution in [0, 0.1) is 5.92 Å². The Bertz CT molecular complexity index is 687. The minimum Gasteiger partial charge on any atom is -0.490 e. The number of rotatable bonds is 8. The second-order valence-corrected chi connectivity index (χ2v) is 6.01. The van der Waals surface area contributed by atoms with Gasteiger partial charge in [-0.25, -0.2) is 0 Å². The van der Waals surface area contributed by atoms with Gasteiger partial charge in [-0.05, 0) is 49.6 Å². The van der Waals surface area contributed by atoms with E-state index in [-0.39, 0.29) is 17.9 Å². The Morgan fingerprint density at radius 2 is 1.84 bits per heavy atom. The molecule has 1 aromatic heterocycles. The number of aromatic nitrogens is 1. The Balaban J connectivity index is 2.27. The van der Waals surface area contributed by atoms with Crippen LogP contribution in [0.1, 0.15) is 49.7 Å². The number of pyridine rings is 1. The molecule has 0 saturated heterocycles. The van der Waals surface area contributed by atoms with Crippen LogP contribution < -0.4 is 14.8 Å². The third kappa shape index (κ3) is 4.95. The lowest BCUT2D eigenvalue weighted by Gasteiger charge is -2.24. The highest BCUT2D eigenvalue weighted by atomic mass is 16.5. The SMILES string of the molecule is CCOc1ccc(C(NC(=O)c2cccnc2)C(C)C)cc1OCC. The molecule has 25 heavy (non-hydrogen) atoms. The van der Waals surface area contributed by atoms with E-state index in [0.29, 0.717) is 30.3 Å². The third-order valence-corrected chi connectivity index (χ3v) is 3.80. The maximum atomic E-state index is 12.5. The molecule has 1 aromatic carbocycles. The molecular weight excluding hydrogens is 316 g/mol. The molecule has 2 rings (SSSR count). The van der Waals surface area contributed by atoms with Crippen molar-refractivity contribution in [2.45, 2.75) is 33.7 Å². The Morgan fingerprint density at radius 1 is 1.12 bits per heavy atom. The summed E-state index contributed by atoms with van der Waals surface area (Å²) in [4.78, 5) is 16.5. The van der Waals surface area contributed by atoms with Crippen LogP contribution in [-0.2, 0) is 0 Å². The molecule has 0 saturated carbocycles. The van der Waals surface area contributed by atoms with Gasteiger partial charge in [0.2, 0.25) is 0 Å². The molecule has 134 valence electrons. The Kier molecular flexibility index (Phi) is 6.81. The van der Waals surface area contributed by atoms with Gasteiger partial charge in [0, 0.05) is 12.4 Å². The number of carbonyl (C=O) groups is 1. The first-order chi connectivity index (χ1) is 12.1. The lowest BCUT2D eigenvalue weighted by Crippen LogP contribution is -2.31. The van der Waals surface area contributed by atoms with Gasteiger partial charge >= 0.3 is 0 Å². The predicted octanol–water partition coefficient (Wildman–Crippen LogP) is 4.01. The zero-order valence-corrected chi connectivity index (χ0v) is 15.3. The maximum absolute atomic E-state index is 12.5. The number of hydrogen-bond acceptors (Lipinski definition) is 4. The molecule has 0 fully saturated rings. The topological polar surface area (TPSA) is 60.5 Å². The van der Waals surface area contributed by atoms with E-state index in [0.717, 1.165) is 5.56 Å². The number of nitrogens with zero attached hydrogens (tertiary/aromatic N) is 1. The van der Waals surface area contributed by atoms with E-state index >= 15 is 0 Å². The third-order valence-electron chi connectivity index (χ3n) is 3.80. The maximum Gasteiger partial charge on any atom is 0.253 e. The Hall–Kier alpha value is -2.56. The van der Waals surface area contributed by atoms with Gasteiger partial charge in [0.05, 0.1) is 24.8 Å². The summed E-state index contributed by atoms with van der Waals surface area (Å²) in [5.74, 6) is 1.49. The van der Waals surface area contributed by atoms with Crippen molar-refractivity contribution < 1.29 is 14.3 Å². The number of benzene rings is 1. The Morgan fingerprint density at radius 3 is 2.44 bits per heavy atom. The van der Waals surface area contributed by atoms with Crippen molar-refractivity contribution in [1.82, 2.24) is 10.3 Å². The molecule has 0 spiro atoms. The minimum atomic E-state index is -0.140. The molecule has 0 aliphatic heterocycles. The quantitative estimate of drug-likeness (QED) is 0.787. The van der Waals surface area contributed by atoms with Crippen LogP contribution in [0.15, 0.2) is 42.7 Å². The van der Waals surface area contributed by atoms with Crippen molar-refractivity contribution in [2.24, 2.45) is 5.92 Å². The van der Waals surface area contributed by atoms with Crippen LogP contribution in [0.3, 0.4) is 0 Å². The van der Waals surface area contributed by atoms with Gasteiger partial charge in [-0.3, -0.25) is 9.78 Å². The zero-order chi connectivity index (χ0) is 18.2. The first-order valence-corrected chi connectivity index (χ1v) is 8.67. The second-order valence-electron chi connectivity index (χ2n) is 6.01. The van der Waals surface area contributed by atoms with E-state index in [1.54, 1.807) is 24.5 Å². The smallest absolute Gasteiger partial charge is 0.253 e. The first kappa shape index (κ1) is 18.8. The summed E-state index contributed by atoms with van der Waals surface area (Å²) in [5.41, 5.74) is 1.53. The highest BCUT2D eigenvalue weighted by Crippen LogP contribution is 2.33. The summed E-state index contributed by atoms with van der Waals surface area (Å²) in [5, 5.41) is 3.09. The van der Waals surface area contributed by atoms with Crippen molar-refractivity contribution >= 4 is 5.91 Å². The molecule has 1 N–H and O–H groups in total. The van der Waals surface area contributed by atoms with Gasteiger partial charge in [-0.15, -0.1) is 0 Å². The summed E-state index contributed by atoms with van der Waals surface area (Å²) in [6.45, 7) is 9.15. The monoisotopic (exact) mass is 342 g/mol. The molecular formula is C20H26N2O3. The van der Waals surface area contributed by atoms with Gasteiger partial charge in [0.25, 0.3) is 5.91 Å². The molecule has 0 aliphatic rings. The molecule has 1 atom stereocenters. The molecule has 0 aliphatic carbocycles. The number of carbonyl (C=O) groups excluding carboxylic acids is 1. The largest absolute Gasteiger partial charge is 0.490 e. The number of amides is 1. The van der Waals surface area contributed by atoms with Crippen LogP contribution in [0.4, 0.5) is 0 Å². The standard InChI is InChI=1S/C20H26N2O3/c1-5-24-17-10-9-15(12-18(17)25-6-2)19(14(3)4)22-20(23)16-8-7-11-21-13-16/h7-14,19H,5-6H2,1-4H3,(H,22,23). The molecule has 1 heterocycles. The fourth-order valence-corrected chi connectivity index (χ4v) is 2.62. The van der Waals surface area contributed by atoms with Crippen LogP contribution in [-0.4, -0.2) is 24.1 Å². The van der Waals surface area contributed by atoms with Crippen LogP contribution in [0.5, 0.6) is 11.5 Å². The van der Waals surface area contributed by atoms with Crippen molar-refractivity contribution in [3.8, 4) is 11.5 Å². The minimum absolute atomic E-state index is 0.136. The van der Waals surface area contributed by atoms with Crippen molar-refractivity contribution in [2.75, 3.05) is 13.2 Å². The van der Waals surface area contributed by atoms with E-state index in [1.807, 2.05) is 32.0 Å². The van der Waals surface area contributed by atoms with Crippen LogP contribution in [0.25, 0.3) is 0 Å². The van der Waals surface area contributed by atoms with Crippen molar-refractivity contribution in [1.29, 1.82) is 0 Å². The summed E-state index contributed by atoms with van der Waals surface area (Å²) in [7, 11) is 0.